The van der Waals surface area contributed by atoms with Gasteiger partial charge in [0.25, 0.3) is 0 Å². The summed E-state index contributed by atoms with van der Waals surface area (Å²) < 4.78 is 14.3. The second kappa shape index (κ2) is 15.5. The number of rotatable bonds is 9. The summed E-state index contributed by atoms with van der Waals surface area (Å²) in [6, 6.07) is 77.0. The Morgan fingerprint density at radius 2 is 0.818 bits per heavy atom. The molecule has 2 aliphatic rings. The van der Waals surface area contributed by atoms with Gasteiger partial charge in [-0.25, -0.2) is 0 Å². The van der Waals surface area contributed by atoms with Gasteiger partial charge in [-0.1, -0.05) is 240 Å². The quantitative estimate of drug-likeness (QED) is 0.145. The summed E-state index contributed by atoms with van der Waals surface area (Å²) in [6.07, 6.45) is 0.837. The van der Waals surface area contributed by atoms with Crippen LogP contribution in [-0.4, -0.2) is 0 Å². The molecule has 1 unspecified atom stereocenters. The first-order valence-electron chi connectivity index (χ1n) is 23.3. The Kier molecular flexibility index (Phi) is 9.36. The fourth-order valence-electron chi connectivity index (χ4n) is 11.3. The molecule has 2 nitrogen and oxygen atoms in total. The molecule has 66 heavy (non-hydrogen) atoms. The number of hydrogen-bond acceptors (Lipinski definition) is 2. The maximum atomic E-state index is 7.22. The molecule has 0 N–H and O–H groups in total. The summed E-state index contributed by atoms with van der Waals surface area (Å²) in [5.74, 6) is 3.47. The van der Waals surface area contributed by atoms with Crippen LogP contribution < -0.4 is 0 Å². The number of furan rings is 2. The highest BCUT2D eigenvalue weighted by Gasteiger charge is 2.48. The minimum atomic E-state index is -0.426. The van der Waals surface area contributed by atoms with Crippen LogP contribution in [0.4, 0.5) is 0 Å². The van der Waals surface area contributed by atoms with Crippen molar-refractivity contribution in [2.24, 2.45) is 0 Å². The molecule has 2 aromatic heterocycles. The molecule has 318 valence electrons. The topological polar surface area (TPSA) is 26.3 Å². The first-order chi connectivity index (χ1) is 32.3. The lowest BCUT2D eigenvalue weighted by Crippen LogP contribution is -2.16. The van der Waals surface area contributed by atoms with E-state index in [9.17, 15) is 0 Å². The smallest absolute Gasteiger partial charge is 0.175 e. The molecule has 2 heterocycles. The van der Waals surface area contributed by atoms with Gasteiger partial charge in [-0.3, -0.25) is 0 Å². The van der Waals surface area contributed by atoms with Gasteiger partial charge in [0.05, 0.1) is 0 Å². The highest BCUT2D eigenvalue weighted by Crippen LogP contribution is 2.61. The molecule has 8 aromatic carbocycles. The van der Waals surface area contributed by atoms with Crippen molar-refractivity contribution in [3.63, 3.8) is 0 Å². The molecule has 0 saturated heterocycles. The Morgan fingerprint density at radius 3 is 1.39 bits per heavy atom. The third-order valence-electron chi connectivity index (χ3n) is 14.5. The lowest BCUT2D eigenvalue weighted by atomic mass is 9.76. The van der Waals surface area contributed by atoms with Crippen LogP contribution in [0.25, 0.3) is 78.7 Å². The second-order valence-corrected chi connectivity index (χ2v) is 19.1. The van der Waals surface area contributed by atoms with E-state index in [1.165, 1.54) is 55.6 Å². The van der Waals surface area contributed by atoms with Crippen LogP contribution >= 0.6 is 0 Å². The van der Waals surface area contributed by atoms with Crippen molar-refractivity contribution in [1.82, 2.24) is 0 Å². The first kappa shape index (κ1) is 39.9. The average Bonchev–Trinajstić information content (AvgIpc) is 4.09. The van der Waals surface area contributed by atoms with Gasteiger partial charge in [0.1, 0.15) is 11.5 Å². The van der Waals surface area contributed by atoms with E-state index < -0.39 is 5.41 Å². The highest BCUT2D eigenvalue weighted by atomic mass is 16.4. The van der Waals surface area contributed by atoms with E-state index in [2.05, 4.69) is 240 Å². The Bertz CT molecular complexity index is 3400. The van der Waals surface area contributed by atoms with E-state index in [1.807, 2.05) is 0 Å². The van der Waals surface area contributed by atoms with Gasteiger partial charge >= 0.3 is 0 Å². The Morgan fingerprint density at radius 1 is 0.364 bits per heavy atom. The zero-order valence-corrected chi connectivity index (χ0v) is 37.8. The molecule has 2 heteroatoms. The van der Waals surface area contributed by atoms with Crippen LogP contribution in [0.1, 0.15) is 72.6 Å². The van der Waals surface area contributed by atoms with Crippen molar-refractivity contribution in [2.45, 2.75) is 50.9 Å². The van der Waals surface area contributed by atoms with Gasteiger partial charge in [0, 0.05) is 50.1 Å². The van der Waals surface area contributed by atoms with E-state index in [0.717, 1.165) is 68.4 Å². The summed E-state index contributed by atoms with van der Waals surface area (Å²) in [5.41, 5.74) is 20.3. The van der Waals surface area contributed by atoms with Crippen molar-refractivity contribution >= 4 is 0 Å². The fourth-order valence-corrected chi connectivity index (χ4v) is 11.3. The number of fused-ring (bicyclic) bond motifs is 6. The van der Waals surface area contributed by atoms with Gasteiger partial charge in [-0.15, -0.1) is 0 Å². The maximum Gasteiger partial charge on any atom is 0.175 e. The molecule has 0 aliphatic heterocycles. The van der Waals surface area contributed by atoms with Crippen molar-refractivity contribution in [2.75, 3.05) is 0 Å². The molecule has 0 saturated carbocycles. The lowest BCUT2D eigenvalue weighted by Gasteiger charge is -2.26. The van der Waals surface area contributed by atoms with Crippen molar-refractivity contribution < 1.29 is 8.83 Å². The molecule has 0 bridgehead atoms. The summed E-state index contributed by atoms with van der Waals surface area (Å²) in [4.78, 5) is 0. The SMILES string of the molecule is CC1(C)c2ccccc2-c2ccc(C(Cc3ccc(-c4oc5c(c4-c4ccccc4)C(C)(C)c4c-5oc(-c5ccccc5)c4-c4ccccc4)cc3)c3ccccc3-c3ccccc3)cc21. The van der Waals surface area contributed by atoms with E-state index in [1.54, 1.807) is 0 Å². The number of benzene rings is 8. The highest BCUT2D eigenvalue weighted by molar-refractivity contribution is 5.97. The van der Waals surface area contributed by atoms with E-state index in [-0.39, 0.29) is 11.3 Å². The van der Waals surface area contributed by atoms with Crippen molar-refractivity contribution in [1.29, 1.82) is 0 Å². The van der Waals surface area contributed by atoms with Crippen LogP contribution in [0.5, 0.6) is 0 Å². The molecular weight excluding hydrogens is 801 g/mol. The third kappa shape index (κ3) is 6.31. The Balaban J connectivity index is 0.980. The van der Waals surface area contributed by atoms with Gasteiger partial charge in [0.2, 0.25) is 0 Å². The van der Waals surface area contributed by atoms with Crippen molar-refractivity contribution in [3.05, 3.63) is 251 Å². The van der Waals surface area contributed by atoms with Gasteiger partial charge in [-0.2, -0.15) is 0 Å². The van der Waals surface area contributed by atoms with Gasteiger partial charge in [-0.05, 0) is 67.6 Å². The minimum Gasteiger partial charge on any atom is -0.452 e. The Hall–Kier alpha value is -7.68. The standard InChI is InChI=1S/C64H50O2/c1-63(2)53-32-20-19-31-50(53)51-38-37-47(40-54(51)63)52(49-30-18-17-29-48(49)42-21-9-5-10-22-42)39-41-33-35-46(36-34-41)60-56(44-25-13-7-14-26-44)58-62(66-60)61-57(64(58,3)4)55(43-23-11-6-12-24-43)59(65-61)45-27-15-8-16-28-45/h5-38,40,52H,39H2,1-4H3. The average molecular weight is 851 g/mol. The van der Waals surface area contributed by atoms with Crippen LogP contribution in [0, 0.1) is 0 Å². The molecule has 1 atom stereocenters. The second-order valence-electron chi connectivity index (χ2n) is 19.1. The first-order valence-corrected chi connectivity index (χ1v) is 23.3. The predicted molar refractivity (Wildman–Crippen MR) is 272 cm³/mol. The summed E-state index contributed by atoms with van der Waals surface area (Å²) >= 11 is 0. The normalized spacial score (nSPS) is 14.3. The fraction of sp³-hybridized carbons (Fsp3) is 0.125. The van der Waals surface area contributed by atoms with E-state index >= 15 is 0 Å². The van der Waals surface area contributed by atoms with E-state index in [0.29, 0.717) is 0 Å². The largest absolute Gasteiger partial charge is 0.452 e. The molecule has 0 spiro atoms. The summed E-state index contributed by atoms with van der Waals surface area (Å²) in [7, 11) is 0. The van der Waals surface area contributed by atoms with Crippen LogP contribution in [0.3, 0.4) is 0 Å². The van der Waals surface area contributed by atoms with Gasteiger partial charge in [0.15, 0.2) is 11.5 Å². The third-order valence-corrected chi connectivity index (χ3v) is 14.5. The molecule has 0 radical (unpaired) electrons. The van der Waals surface area contributed by atoms with Crippen LogP contribution in [-0.2, 0) is 17.3 Å². The van der Waals surface area contributed by atoms with Crippen LogP contribution in [0.15, 0.2) is 221 Å². The van der Waals surface area contributed by atoms with E-state index in [4.69, 9.17) is 8.83 Å². The monoisotopic (exact) mass is 850 g/mol. The zero-order valence-electron chi connectivity index (χ0n) is 37.8. The van der Waals surface area contributed by atoms with Crippen molar-refractivity contribution in [3.8, 4) is 78.7 Å². The lowest BCUT2D eigenvalue weighted by molar-refractivity contribution is 0.540. The molecule has 10 aromatic rings. The summed E-state index contributed by atoms with van der Waals surface area (Å²) in [6.45, 7) is 9.41. The molecular formula is C64H50O2. The zero-order chi connectivity index (χ0) is 44.6. The van der Waals surface area contributed by atoms with Gasteiger partial charge < -0.3 is 8.83 Å². The predicted octanol–water partition coefficient (Wildman–Crippen LogP) is 17.2. The molecule has 0 fully saturated rings. The molecule has 12 rings (SSSR count). The summed E-state index contributed by atoms with van der Waals surface area (Å²) in [5, 5.41) is 0. The molecule has 0 amide bonds. The maximum absolute atomic E-state index is 7.22. The van der Waals surface area contributed by atoms with Crippen LogP contribution in [0.2, 0.25) is 0 Å². The minimum absolute atomic E-state index is 0.0932. The molecule has 2 aliphatic carbocycles. The number of hydrogen-bond donors (Lipinski definition) is 0. The Labute approximate surface area is 387 Å².